The second kappa shape index (κ2) is 5.11. The first kappa shape index (κ1) is 14.0. The molecule has 1 heterocycles. The van der Waals surface area contributed by atoms with Crippen molar-refractivity contribution in [1.82, 2.24) is 4.90 Å². The Bertz CT molecular complexity index is 602. The van der Waals surface area contributed by atoms with Gasteiger partial charge in [0.05, 0.1) is 4.92 Å². The third-order valence-electron chi connectivity index (χ3n) is 4.78. The lowest BCUT2D eigenvalue weighted by atomic mass is 9.98. The number of likely N-dealkylation sites (tertiary alicyclic amines) is 1. The van der Waals surface area contributed by atoms with Gasteiger partial charge in [-0.2, -0.15) is 0 Å². The third-order valence-corrected chi connectivity index (χ3v) is 4.78. The smallest absolute Gasteiger partial charge is 0.282 e. The molecule has 3 atom stereocenters. The van der Waals surface area contributed by atoms with Crippen LogP contribution in [0, 0.1) is 28.9 Å². The van der Waals surface area contributed by atoms with E-state index in [-0.39, 0.29) is 23.2 Å². The number of nitro benzene ring substituents is 1. The number of hydrogen-bond acceptors (Lipinski definition) is 4. The van der Waals surface area contributed by atoms with E-state index < -0.39 is 4.92 Å². The van der Waals surface area contributed by atoms with Crippen molar-refractivity contribution in [3.05, 3.63) is 39.4 Å². The Hall–Kier alpha value is -1.95. The van der Waals surface area contributed by atoms with Crippen LogP contribution in [0.25, 0.3) is 0 Å². The molecule has 1 saturated heterocycles. The number of amides is 1. The molecular weight excluding hydrogens is 270 g/mol. The van der Waals surface area contributed by atoms with Crippen LogP contribution in [-0.4, -0.2) is 34.9 Å². The van der Waals surface area contributed by atoms with E-state index in [1.54, 1.807) is 17.0 Å². The minimum Gasteiger partial charge on any atom is -0.338 e. The van der Waals surface area contributed by atoms with Gasteiger partial charge < -0.3 is 10.6 Å². The first-order chi connectivity index (χ1) is 9.97. The summed E-state index contributed by atoms with van der Waals surface area (Å²) in [5.74, 6) is 0.553. The fourth-order valence-corrected chi connectivity index (χ4v) is 3.62. The molecular formula is C15H19N3O3. The van der Waals surface area contributed by atoms with Crippen LogP contribution in [0.4, 0.5) is 5.69 Å². The number of nitro groups is 1. The Balaban J connectivity index is 1.86. The van der Waals surface area contributed by atoms with Gasteiger partial charge in [-0.3, -0.25) is 14.9 Å². The zero-order valence-electron chi connectivity index (χ0n) is 12.0. The molecule has 6 nitrogen and oxygen atoms in total. The van der Waals surface area contributed by atoms with Gasteiger partial charge in [0.2, 0.25) is 0 Å². The zero-order chi connectivity index (χ0) is 15.1. The van der Waals surface area contributed by atoms with Crippen molar-refractivity contribution < 1.29 is 9.72 Å². The summed E-state index contributed by atoms with van der Waals surface area (Å²) in [5.41, 5.74) is 6.99. The number of nitrogens with zero attached hydrogens (tertiary/aromatic N) is 2. The number of nitrogens with two attached hydrogens (primary N) is 1. The molecule has 1 aromatic rings. The largest absolute Gasteiger partial charge is 0.338 e. The lowest BCUT2D eigenvalue weighted by Crippen LogP contribution is -2.33. The molecule has 1 aromatic carbocycles. The maximum absolute atomic E-state index is 12.6. The average molecular weight is 289 g/mol. The van der Waals surface area contributed by atoms with Gasteiger partial charge in [0.25, 0.3) is 11.6 Å². The summed E-state index contributed by atoms with van der Waals surface area (Å²) in [6, 6.07) is 4.82. The van der Waals surface area contributed by atoms with Crippen molar-refractivity contribution in [1.29, 1.82) is 0 Å². The van der Waals surface area contributed by atoms with Gasteiger partial charge >= 0.3 is 0 Å². The normalized spacial score (nSPS) is 27.7. The molecule has 0 radical (unpaired) electrons. The number of fused-ring (bicyclic) bond motifs is 1. The Labute approximate surface area is 123 Å². The second-order valence-electron chi connectivity index (χ2n) is 6.15. The summed E-state index contributed by atoms with van der Waals surface area (Å²) in [7, 11) is 0. The van der Waals surface area contributed by atoms with E-state index >= 15 is 0 Å². The van der Waals surface area contributed by atoms with E-state index in [4.69, 9.17) is 5.73 Å². The molecule has 1 saturated carbocycles. The number of carbonyl (C=O) groups excluding carboxylic acids is 1. The van der Waals surface area contributed by atoms with E-state index in [1.807, 2.05) is 6.92 Å². The van der Waals surface area contributed by atoms with Crippen LogP contribution >= 0.6 is 0 Å². The Kier molecular flexibility index (Phi) is 3.41. The SMILES string of the molecule is Cc1ccc([N+](=O)[O-])c(C(=O)N2CC3CCC(N)C3C2)c1. The van der Waals surface area contributed by atoms with Gasteiger partial charge in [-0.05, 0) is 43.2 Å². The van der Waals surface area contributed by atoms with Crippen LogP contribution in [0.1, 0.15) is 28.8 Å². The third kappa shape index (κ3) is 2.40. The summed E-state index contributed by atoms with van der Waals surface area (Å²) in [6.45, 7) is 3.12. The van der Waals surface area contributed by atoms with E-state index in [9.17, 15) is 14.9 Å². The molecule has 3 rings (SSSR count). The maximum atomic E-state index is 12.6. The Morgan fingerprint density at radius 3 is 2.81 bits per heavy atom. The predicted molar refractivity (Wildman–Crippen MR) is 77.9 cm³/mol. The first-order valence-electron chi connectivity index (χ1n) is 7.27. The average Bonchev–Trinajstić information content (AvgIpc) is 3.00. The first-order valence-corrected chi connectivity index (χ1v) is 7.27. The minimum atomic E-state index is -0.491. The van der Waals surface area contributed by atoms with Gasteiger partial charge in [0.15, 0.2) is 0 Å². The predicted octanol–water partition coefficient (Wildman–Crippen LogP) is 1.71. The fraction of sp³-hybridized carbons (Fsp3) is 0.533. The molecule has 1 aliphatic carbocycles. The number of hydrogen-bond donors (Lipinski definition) is 1. The summed E-state index contributed by atoms with van der Waals surface area (Å²) in [5, 5.41) is 11.1. The highest BCUT2D eigenvalue weighted by atomic mass is 16.6. The Morgan fingerprint density at radius 1 is 1.38 bits per heavy atom. The van der Waals surface area contributed by atoms with Crippen LogP contribution in [0.2, 0.25) is 0 Å². The highest BCUT2D eigenvalue weighted by Crippen LogP contribution is 2.38. The zero-order valence-corrected chi connectivity index (χ0v) is 12.0. The Morgan fingerprint density at radius 2 is 2.14 bits per heavy atom. The molecule has 112 valence electrons. The molecule has 0 spiro atoms. The summed E-state index contributed by atoms with van der Waals surface area (Å²) in [6.07, 6.45) is 2.06. The minimum absolute atomic E-state index is 0.119. The van der Waals surface area contributed by atoms with Crippen LogP contribution < -0.4 is 5.73 Å². The van der Waals surface area contributed by atoms with Crippen molar-refractivity contribution in [2.75, 3.05) is 13.1 Å². The van der Waals surface area contributed by atoms with Gasteiger partial charge in [-0.1, -0.05) is 6.07 Å². The van der Waals surface area contributed by atoms with Crippen molar-refractivity contribution >= 4 is 11.6 Å². The highest BCUT2D eigenvalue weighted by molar-refractivity contribution is 5.98. The maximum Gasteiger partial charge on any atom is 0.282 e. The molecule has 2 fully saturated rings. The number of rotatable bonds is 2. The highest BCUT2D eigenvalue weighted by Gasteiger charge is 2.43. The van der Waals surface area contributed by atoms with Gasteiger partial charge in [0.1, 0.15) is 5.56 Å². The molecule has 21 heavy (non-hydrogen) atoms. The lowest BCUT2D eigenvalue weighted by Gasteiger charge is -2.19. The van der Waals surface area contributed by atoms with Crippen LogP contribution in [0.15, 0.2) is 18.2 Å². The molecule has 6 heteroatoms. The van der Waals surface area contributed by atoms with Crippen molar-refractivity contribution in [3.63, 3.8) is 0 Å². The summed E-state index contributed by atoms with van der Waals surface area (Å²) >= 11 is 0. The second-order valence-corrected chi connectivity index (χ2v) is 6.15. The van der Waals surface area contributed by atoms with Gasteiger partial charge in [-0.15, -0.1) is 0 Å². The van der Waals surface area contributed by atoms with Crippen LogP contribution in [0.3, 0.4) is 0 Å². The lowest BCUT2D eigenvalue weighted by molar-refractivity contribution is -0.385. The molecule has 0 bridgehead atoms. The van der Waals surface area contributed by atoms with E-state index in [0.717, 1.165) is 18.4 Å². The number of carbonyl (C=O) groups is 1. The quantitative estimate of drug-likeness (QED) is 0.663. The van der Waals surface area contributed by atoms with E-state index in [0.29, 0.717) is 24.9 Å². The molecule has 3 unspecified atom stereocenters. The van der Waals surface area contributed by atoms with Crippen LogP contribution in [-0.2, 0) is 0 Å². The van der Waals surface area contributed by atoms with Gasteiger partial charge in [-0.25, -0.2) is 0 Å². The number of benzene rings is 1. The summed E-state index contributed by atoms with van der Waals surface area (Å²) < 4.78 is 0. The molecule has 1 amide bonds. The molecule has 1 aliphatic heterocycles. The van der Waals surface area contributed by atoms with Crippen LogP contribution in [0.5, 0.6) is 0 Å². The monoisotopic (exact) mass is 289 g/mol. The molecule has 2 aliphatic rings. The van der Waals surface area contributed by atoms with Crippen molar-refractivity contribution in [3.8, 4) is 0 Å². The number of aryl methyl sites for hydroxylation is 1. The topological polar surface area (TPSA) is 89.5 Å². The van der Waals surface area contributed by atoms with E-state index in [1.165, 1.54) is 6.07 Å². The van der Waals surface area contributed by atoms with Crippen molar-refractivity contribution in [2.24, 2.45) is 17.6 Å². The van der Waals surface area contributed by atoms with E-state index in [2.05, 4.69) is 0 Å². The fourth-order valence-electron chi connectivity index (χ4n) is 3.62. The standard InChI is InChI=1S/C15H19N3O3/c1-9-2-5-14(18(20)21)11(6-9)15(19)17-7-10-3-4-13(16)12(10)8-17/h2,5-6,10,12-13H,3-4,7-8,16H2,1H3. The molecule has 2 N–H and O–H groups in total. The van der Waals surface area contributed by atoms with Crippen molar-refractivity contribution in [2.45, 2.75) is 25.8 Å². The molecule has 0 aromatic heterocycles. The summed E-state index contributed by atoms with van der Waals surface area (Å²) in [4.78, 5) is 25.0. The van der Waals surface area contributed by atoms with Gasteiger partial charge in [0, 0.05) is 25.2 Å².